The highest BCUT2D eigenvalue weighted by atomic mass is 32.2. The van der Waals surface area contributed by atoms with Crippen molar-refractivity contribution in [3.63, 3.8) is 0 Å². The van der Waals surface area contributed by atoms with Crippen LogP contribution in [0, 0.1) is 13.8 Å². The molecule has 1 N–H and O–H groups in total. The van der Waals surface area contributed by atoms with E-state index in [2.05, 4.69) is 9.88 Å². The topological polar surface area (TPSA) is 90.7 Å². The van der Waals surface area contributed by atoms with Crippen LogP contribution in [0.1, 0.15) is 17.0 Å². The Bertz CT molecular complexity index is 764. The molecule has 0 unspecified atom stereocenters. The van der Waals surface area contributed by atoms with E-state index in [0.717, 1.165) is 5.56 Å². The van der Waals surface area contributed by atoms with Crippen LogP contribution in [0.3, 0.4) is 0 Å². The number of sulfonamides is 1. The normalized spacial score (nSPS) is 11.5. The summed E-state index contributed by atoms with van der Waals surface area (Å²) in [7, 11) is -0.515. The van der Waals surface area contributed by atoms with E-state index in [9.17, 15) is 8.42 Å². The van der Waals surface area contributed by atoms with Crippen LogP contribution in [0.4, 0.5) is 0 Å². The van der Waals surface area contributed by atoms with Crippen molar-refractivity contribution in [2.24, 2.45) is 0 Å². The van der Waals surface area contributed by atoms with Crippen molar-refractivity contribution in [3.05, 3.63) is 35.2 Å². The smallest absolute Gasteiger partial charge is 0.245 e. The predicted octanol–water partition coefficient (Wildman–Crippen LogP) is 1.83. The highest BCUT2D eigenvalue weighted by Crippen LogP contribution is 2.25. The molecule has 0 amide bonds. The summed E-state index contributed by atoms with van der Waals surface area (Å²) in [5, 5.41) is 3.67. The second-order valence-corrected chi connectivity index (χ2v) is 6.68. The fraction of sp³-hybridized carbons (Fsp3) is 0.400. The van der Waals surface area contributed by atoms with Crippen LogP contribution in [0.5, 0.6) is 11.5 Å². The largest absolute Gasteiger partial charge is 0.497 e. The number of benzene rings is 1. The fourth-order valence-electron chi connectivity index (χ4n) is 2.31. The first-order chi connectivity index (χ1) is 10.9. The molecular formula is C15H20N2O5S. The van der Waals surface area contributed by atoms with Crippen molar-refractivity contribution in [2.75, 3.05) is 20.8 Å². The van der Waals surface area contributed by atoms with E-state index in [0.29, 0.717) is 23.6 Å². The molecule has 0 saturated carbocycles. The van der Waals surface area contributed by atoms with Gasteiger partial charge in [0.05, 0.1) is 14.2 Å². The van der Waals surface area contributed by atoms with Crippen molar-refractivity contribution in [3.8, 4) is 11.5 Å². The summed E-state index contributed by atoms with van der Waals surface area (Å²) in [6.45, 7) is 3.40. The third-order valence-corrected chi connectivity index (χ3v) is 5.12. The van der Waals surface area contributed by atoms with Crippen LogP contribution >= 0.6 is 0 Å². The first-order valence-corrected chi connectivity index (χ1v) is 8.50. The van der Waals surface area contributed by atoms with E-state index < -0.39 is 10.0 Å². The lowest BCUT2D eigenvalue weighted by Crippen LogP contribution is -2.26. The zero-order valence-electron chi connectivity index (χ0n) is 13.5. The predicted molar refractivity (Wildman–Crippen MR) is 84.4 cm³/mol. The minimum atomic E-state index is -3.65. The second kappa shape index (κ2) is 7.01. The summed E-state index contributed by atoms with van der Waals surface area (Å²) < 4.78 is 42.5. The third-order valence-electron chi connectivity index (χ3n) is 3.42. The van der Waals surface area contributed by atoms with Crippen molar-refractivity contribution in [2.45, 2.75) is 25.2 Å². The lowest BCUT2D eigenvalue weighted by atomic mass is 10.1. The molecule has 0 fully saturated rings. The molecule has 0 bridgehead atoms. The van der Waals surface area contributed by atoms with Gasteiger partial charge in [0, 0.05) is 12.6 Å². The molecule has 2 rings (SSSR count). The number of aryl methyl sites for hydroxylation is 2. The number of aromatic nitrogens is 1. The minimum absolute atomic E-state index is 0.0965. The van der Waals surface area contributed by atoms with Gasteiger partial charge < -0.3 is 14.0 Å². The van der Waals surface area contributed by atoms with Gasteiger partial charge in [-0.25, -0.2) is 13.1 Å². The molecule has 2 aromatic rings. The Kier molecular flexibility index (Phi) is 5.27. The molecular weight excluding hydrogens is 320 g/mol. The number of rotatable bonds is 7. The SMILES string of the molecule is COc1ccc(CCNS(=O)(=O)c2c(C)noc2C)c(OC)c1. The molecule has 23 heavy (non-hydrogen) atoms. The van der Waals surface area contributed by atoms with E-state index in [1.165, 1.54) is 0 Å². The minimum Gasteiger partial charge on any atom is -0.497 e. The number of nitrogens with one attached hydrogen (secondary N) is 1. The van der Waals surface area contributed by atoms with Crippen molar-refractivity contribution in [1.29, 1.82) is 0 Å². The molecule has 1 heterocycles. The van der Waals surface area contributed by atoms with Crippen molar-refractivity contribution in [1.82, 2.24) is 9.88 Å². The van der Waals surface area contributed by atoms with Crippen molar-refractivity contribution >= 4 is 10.0 Å². The molecule has 0 aliphatic heterocycles. The van der Waals surface area contributed by atoms with Gasteiger partial charge in [-0.15, -0.1) is 0 Å². The van der Waals surface area contributed by atoms with Crippen LogP contribution in [0.15, 0.2) is 27.6 Å². The van der Waals surface area contributed by atoms with Crippen LogP contribution < -0.4 is 14.2 Å². The Morgan fingerprint density at radius 3 is 2.52 bits per heavy atom. The summed E-state index contributed by atoms with van der Waals surface area (Å²) >= 11 is 0. The lowest BCUT2D eigenvalue weighted by Gasteiger charge is -2.11. The second-order valence-electron chi connectivity index (χ2n) is 4.98. The van der Waals surface area contributed by atoms with Crippen LogP contribution in [-0.2, 0) is 16.4 Å². The Balaban J connectivity index is 2.08. The monoisotopic (exact) mass is 340 g/mol. The number of nitrogens with zero attached hydrogens (tertiary/aromatic N) is 1. The molecule has 0 aliphatic carbocycles. The quantitative estimate of drug-likeness (QED) is 0.827. The first kappa shape index (κ1) is 17.3. The van der Waals surface area contributed by atoms with E-state index in [-0.39, 0.29) is 17.2 Å². The van der Waals surface area contributed by atoms with Gasteiger partial charge in [0.15, 0.2) is 5.76 Å². The lowest BCUT2D eigenvalue weighted by molar-refractivity contribution is 0.390. The zero-order valence-corrected chi connectivity index (χ0v) is 14.4. The number of methoxy groups -OCH3 is 2. The van der Waals surface area contributed by atoms with Crippen LogP contribution in [0.25, 0.3) is 0 Å². The maximum absolute atomic E-state index is 12.3. The van der Waals surface area contributed by atoms with Gasteiger partial charge in [0.1, 0.15) is 22.1 Å². The average molecular weight is 340 g/mol. The standard InChI is InChI=1S/C15H20N2O5S/c1-10-15(11(2)22-17-10)23(18,19)16-8-7-12-5-6-13(20-3)9-14(12)21-4/h5-6,9,16H,7-8H2,1-4H3. The summed E-state index contributed by atoms with van der Waals surface area (Å²) in [4.78, 5) is 0.0965. The number of ether oxygens (including phenoxy) is 2. The van der Waals surface area contributed by atoms with E-state index >= 15 is 0 Å². The van der Waals surface area contributed by atoms with Gasteiger partial charge in [-0.1, -0.05) is 11.2 Å². The van der Waals surface area contributed by atoms with Gasteiger partial charge in [-0.2, -0.15) is 0 Å². The van der Waals surface area contributed by atoms with Crippen molar-refractivity contribution < 1.29 is 22.4 Å². The highest BCUT2D eigenvalue weighted by molar-refractivity contribution is 7.89. The molecule has 0 radical (unpaired) electrons. The van der Waals surface area contributed by atoms with Gasteiger partial charge in [0.25, 0.3) is 0 Å². The maximum atomic E-state index is 12.3. The molecule has 126 valence electrons. The molecule has 7 nitrogen and oxygen atoms in total. The van der Waals surface area contributed by atoms with E-state index in [4.69, 9.17) is 14.0 Å². The molecule has 0 saturated heterocycles. The Labute approximate surface area is 135 Å². The molecule has 0 atom stereocenters. The zero-order chi connectivity index (χ0) is 17.0. The van der Waals surface area contributed by atoms with E-state index in [1.807, 2.05) is 6.07 Å². The van der Waals surface area contributed by atoms with Crippen LogP contribution in [-0.4, -0.2) is 34.3 Å². The summed E-state index contributed by atoms with van der Waals surface area (Å²) in [6.07, 6.45) is 0.482. The molecule has 1 aromatic carbocycles. The Morgan fingerprint density at radius 1 is 1.22 bits per heavy atom. The summed E-state index contributed by atoms with van der Waals surface area (Å²) in [6, 6.07) is 5.42. The number of hydrogen-bond acceptors (Lipinski definition) is 6. The average Bonchev–Trinajstić information content (AvgIpc) is 2.87. The van der Waals surface area contributed by atoms with Crippen LogP contribution in [0.2, 0.25) is 0 Å². The Morgan fingerprint density at radius 2 is 1.96 bits per heavy atom. The summed E-state index contributed by atoms with van der Waals surface area (Å²) in [5.74, 6) is 1.61. The number of hydrogen-bond donors (Lipinski definition) is 1. The first-order valence-electron chi connectivity index (χ1n) is 7.02. The maximum Gasteiger partial charge on any atom is 0.245 e. The fourth-order valence-corrected chi connectivity index (χ4v) is 3.67. The molecule has 1 aromatic heterocycles. The highest BCUT2D eigenvalue weighted by Gasteiger charge is 2.23. The van der Waals surface area contributed by atoms with Gasteiger partial charge >= 0.3 is 0 Å². The third kappa shape index (κ3) is 3.83. The molecule has 0 aliphatic rings. The van der Waals surface area contributed by atoms with Gasteiger partial charge in [-0.3, -0.25) is 0 Å². The Hall–Kier alpha value is -2.06. The van der Waals surface area contributed by atoms with E-state index in [1.54, 1.807) is 40.2 Å². The van der Waals surface area contributed by atoms with Gasteiger partial charge in [-0.05, 0) is 31.9 Å². The van der Waals surface area contributed by atoms with Gasteiger partial charge in [0.2, 0.25) is 10.0 Å². The molecule has 8 heteroatoms. The summed E-state index contributed by atoms with van der Waals surface area (Å²) in [5.41, 5.74) is 1.23. The molecule has 0 spiro atoms.